The van der Waals surface area contributed by atoms with Gasteiger partial charge < -0.3 is 15.0 Å². The highest BCUT2D eigenvalue weighted by molar-refractivity contribution is 7.89. The molecule has 8 heteroatoms. The summed E-state index contributed by atoms with van der Waals surface area (Å²) in [7, 11) is 1.54. The summed E-state index contributed by atoms with van der Waals surface area (Å²) in [4.78, 5) is 14.8. The number of hydrogen-bond donors (Lipinski definition) is 1. The Morgan fingerprint density at radius 1 is 1.13 bits per heavy atom. The summed E-state index contributed by atoms with van der Waals surface area (Å²) < 4.78 is 33.5. The summed E-state index contributed by atoms with van der Waals surface area (Å²) in [5.41, 5.74) is 1.91. The van der Waals surface area contributed by atoms with Crippen molar-refractivity contribution in [2.24, 2.45) is 0 Å². The Balaban J connectivity index is 1.89. The van der Waals surface area contributed by atoms with Crippen LogP contribution in [0.15, 0.2) is 47.4 Å². The van der Waals surface area contributed by atoms with E-state index >= 15 is 0 Å². The van der Waals surface area contributed by atoms with E-state index in [9.17, 15) is 13.2 Å². The summed E-state index contributed by atoms with van der Waals surface area (Å²) in [5, 5.41) is 2.82. The highest BCUT2D eigenvalue weighted by Gasteiger charge is 2.33. The molecular formula is C22H29N3O4S. The third-order valence-corrected chi connectivity index (χ3v) is 7.43. The number of rotatable bonds is 6. The molecule has 0 unspecified atom stereocenters. The van der Waals surface area contributed by atoms with Crippen molar-refractivity contribution < 1.29 is 17.9 Å². The maximum Gasteiger partial charge on any atom is 0.255 e. The van der Waals surface area contributed by atoms with Gasteiger partial charge in [-0.2, -0.15) is 4.31 Å². The lowest BCUT2D eigenvalue weighted by Gasteiger charge is -2.32. The number of carbonyl (C=O) groups excluding carboxylic acids is 1. The number of anilines is 2. The number of methoxy groups -OCH3 is 1. The number of benzene rings is 2. The van der Waals surface area contributed by atoms with Crippen LogP contribution in [-0.4, -0.2) is 52.4 Å². The second-order valence-electron chi connectivity index (χ2n) is 7.72. The average molecular weight is 432 g/mol. The minimum Gasteiger partial charge on any atom is -0.495 e. The Kier molecular flexibility index (Phi) is 6.67. The molecule has 1 aliphatic rings. The first kappa shape index (κ1) is 22.1. The van der Waals surface area contributed by atoms with E-state index < -0.39 is 10.0 Å². The molecule has 1 fully saturated rings. The maximum atomic E-state index is 13.3. The van der Waals surface area contributed by atoms with Crippen molar-refractivity contribution in [3.05, 3.63) is 48.0 Å². The number of nitrogens with one attached hydrogen (secondary N) is 1. The first-order valence-electron chi connectivity index (χ1n) is 10.0. The quantitative estimate of drug-likeness (QED) is 0.756. The number of sulfonamides is 1. The number of amides is 1. The van der Waals surface area contributed by atoms with Gasteiger partial charge in [0.1, 0.15) is 10.6 Å². The van der Waals surface area contributed by atoms with Crippen molar-refractivity contribution in [2.45, 2.75) is 37.1 Å². The predicted octanol–water partition coefficient (Wildman–Crippen LogP) is 3.58. The largest absolute Gasteiger partial charge is 0.495 e. The van der Waals surface area contributed by atoms with E-state index in [2.05, 4.69) is 5.32 Å². The Hall–Kier alpha value is -2.58. The maximum absolute atomic E-state index is 13.3. The standard InChI is InChI=1S/C22H29N3O4S/c1-16-7-5-6-14-25(16)30(27,28)21-15-17(8-13-20(21)29-4)22(26)23-18-9-11-19(12-10-18)24(2)3/h8-13,15-16H,5-7,14H2,1-4H3,(H,23,26)/t16-/m0/s1. The van der Waals surface area contributed by atoms with E-state index in [1.54, 1.807) is 6.07 Å². The van der Waals surface area contributed by atoms with E-state index in [1.807, 2.05) is 50.2 Å². The molecule has 7 nitrogen and oxygen atoms in total. The zero-order valence-corrected chi connectivity index (χ0v) is 18.7. The third kappa shape index (κ3) is 4.60. The Labute approximate surface area is 178 Å². The fraction of sp³-hybridized carbons (Fsp3) is 0.409. The summed E-state index contributed by atoms with van der Waals surface area (Å²) in [6, 6.07) is 11.8. The molecule has 1 amide bonds. The van der Waals surface area contributed by atoms with Gasteiger partial charge in [0.2, 0.25) is 10.0 Å². The van der Waals surface area contributed by atoms with Crippen molar-refractivity contribution in [1.82, 2.24) is 4.31 Å². The van der Waals surface area contributed by atoms with Crippen LogP contribution in [0.1, 0.15) is 36.5 Å². The second kappa shape index (κ2) is 9.06. The molecule has 1 heterocycles. The van der Waals surface area contributed by atoms with Crippen molar-refractivity contribution in [1.29, 1.82) is 0 Å². The van der Waals surface area contributed by atoms with Gasteiger partial charge in [0.15, 0.2) is 0 Å². The molecule has 0 aliphatic carbocycles. The van der Waals surface area contributed by atoms with E-state index in [4.69, 9.17) is 4.74 Å². The van der Waals surface area contributed by atoms with E-state index in [1.165, 1.54) is 23.5 Å². The molecule has 1 aliphatic heterocycles. The first-order valence-corrected chi connectivity index (χ1v) is 11.5. The summed E-state index contributed by atoms with van der Waals surface area (Å²) >= 11 is 0. The van der Waals surface area contributed by atoms with Crippen molar-refractivity contribution in [2.75, 3.05) is 38.0 Å². The number of piperidine rings is 1. The molecule has 1 saturated heterocycles. The fourth-order valence-electron chi connectivity index (χ4n) is 3.62. The average Bonchev–Trinajstić information content (AvgIpc) is 2.73. The van der Waals surface area contributed by atoms with Gasteiger partial charge in [-0.15, -0.1) is 0 Å². The van der Waals surface area contributed by atoms with Gasteiger partial charge in [0, 0.05) is 43.6 Å². The van der Waals surface area contributed by atoms with Gasteiger partial charge >= 0.3 is 0 Å². The van der Waals surface area contributed by atoms with Crippen LogP contribution in [0.4, 0.5) is 11.4 Å². The number of hydrogen-bond acceptors (Lipinski definition) is 5. The number of carbonyl (C=O) groups is 1. The minimum absolute atomic E-state index is 0.0226. The molecule has 0 radical (unpaired) electrons. The molecule has 0 spiro atoms. The first-order chi connectivity index (χ1) is 14.2. The van der Waals surface area contributed by atoms with Gasteiger partial charge in [-0.1, -0.05) is 6.42 Å². The van der Waals surface area contributed by atoms with Crippen LogP contribution in [0.25, 0.3) is 0 Å². The van der Waals surface area contributed by atoms with Gasteiger partial charge in [-0.3, -0.25) is 4.79 Å². The summed E-state index contributed by atoms with van der Waals surface area (Å²) in [6.07, 6.45) is 2.67. The highest BCUT2D eigenvalue weighted by Crippen LogP contribution is 2.32. The van der Waals surface area contributed by atoms with Crippen LogP contribution in [0.5, 0.6) is 5.75 Å². The lowest BCUT2D eigenvalue weighted by molar-refractivity contribution is 0.102. The van der Waals surface area contributed by atoms with Crippen molar-refractivity contribution in [3.63, 3.8) is 0 Å². The zero-order valence-electron chi connectivity index (χ0n) is 17.9. The van der Waals surface area contributed by atoms with E-state index in [-0.39, 0.29) is 28.2 Å². The SMILES string of the molecule is COc1ccc(C(=O)Nc2ccc(N(C)C)cc2)cc1S(=O)(=O)N1CCCC[C@@H]1C. The van der Waals surface area contributed by atoms with Crippen LogP contribution in [0.3, 0.4) is 0 Å². The van der Waals surface area contributed by atoms with Crippen molar-refractivity contribution in [3.8, 4) is 5.75 Å². The lowest BCUT2D eigenvalue weighted by atomic mass is 10.1. The van der Waals surface area contributed by atoms with Gasteiger partial charge in [-0.05, 0) is 62.2 Å². The molecule has 3 rings (SSSR count). The zero-order chi connectivity index (χ0) is 21.9. The van der Waals surface area contributed by atoms with Gasteiger partial charge in [0.05, 0.1) is 7.11 Å². The molecule has 30 heavy (non-hydrogen) atoms. The lowest BCUT2D eigenvalue weighted by Crippen LogP contribution is -2.42. The van der Waals surface area contributed by atoms with Crippen LogP contribution in [0.2, 0.25) is 0 Å². The molecule has 0 saturated carbocycles. The molecule has 1 atom stereocenters. The molecular weight excluding hydrogens is 402 g/mol. The Morgan fingerprint density at radius 2 is 1.83 bits per heavy atom. The van der Waals surface area contributed by atoms with Crippen molar-refractivity contribution >= 4 is 27.3 Å². The molecule has 0 aromatic heterocycles. The van der Waals surface area contributed by atoms with Crippen LogP contribution < -0.4 is 15.0 Å². The van der Waals surface area contributed by atoms with E-state index in [0.717, 1.165) is 24.9 Å². The Bertz CT molecular complexity index is 1000. The molecule has 2 aromatic rings. The van der Waals surface area contributed by atoms with Crippen LogP contribution >= 0.6 is 0 Å². The number of nitrogens with zero attached hydrogens (tertiary/aromatic N) is 2. The smallest absolute Gasteiger partial charge is 0.255 e. The summed E-state index contributed by atoms with van der Waals surface area (Å²) in [5.74, 6) is -0.141. The minimum atomic E-state index is -3.78. The third-order valence-electron chi connectivity index (χ3n) is 5.40. The van der Waals surface area contributed by atoms with Crippen LogP contribution in [-0.2, 0) is 10.0 Å². The molecule has 162 valence electrons. The topological polar surface area (TPSA) is 79.0 Å². The highest BCUT2D eigenvalue weighted by atomic mass is 32.2. The fourth-order valence-corrected chi connectivity index (χ4v) is 5.50. The van der Waals surface area contributed by atoms with Gasteiger partial charge in [0.25, 0.3) is 5.91 Å². The monoisotopic (exact) mass is 431 g/mol. The normalized spacial score (nSPS) is 17.4. The molecule has 2 aromatic carbocycles. The number of ether oxygens (including phenoxy) is 1. The second-order valence-corrected chi connectivity index (χ2v) is 9.58. The van der Waals surface area contributed by atoms with Crippen LogP contribution in [0, 0.1) is 0 Å². The molecule has 0 bridgehead atoms. The Morgan fingerprint density at radius 3 is 2.43 bits per heavy atom. The summed E-state index contributed by atoms with van der Waals surface area (Å²) in [6.45, 7) is 2.39. The van der Waals surface area contributed by atoms with E-state index in [0.29, 0.717) is 12.2 Å². The van der Waals surface area contributed by atoms with Gasteiger partial charge in [-0.25, -0.2) is 8.42 Å². The predicted molar refractivity (Wildman–Crippen MR) is 119 cm³/mol. The molecule has 1 N–H and O–H groups in total.